The number of para-hydroxylation sites is 1. The summed E-state index contributed by atoms with van der Waals surface area (Å²) >= 11 is 3.43. The third kappa shape index (κ3) is 2.98. The van der Waals surface area contributed by atoms with Crippen molar-refractivity contribution in [2.75, 3.05) is 9.96 Å². The second-order valence-electron chi connectivity index (χ2n) is 5.65. The molecule has 1 amide bonds. The van der Waals surface area contributed by atoms with Crippen LogP contribution in [-0.2, 0) is 4.84 Å². The van der Waals surface area contributed by atoms with Crippen LogP contribution in [0.25, 0.3) is 0 Å². The van der Waals surface area contributed by atoms with Crippen molar-refractivity contribution in [1.29, 1.82) is 0 Å². The first-order valence-corrected chi connectivity index (χ1v) is 8.69. The van der Waals surface area contributed by atoms with Crippen LogP contribution >= 0.6 is 15.9 Å². The molecule has 3 aromatic rings. The third-order valence-electron chi connectivity index (χ3n) is 4.05. The van der Waals surface area contributed by atoms with E-state index in [1.807, 2.05) is 84.9 Å². The maximum atomic E-state index is 12.7. The number of benzene rings is 3. The van der Waals surface area contributed by atoms with Crippen LogP contribution in [-0.4, -0.2) is 6.09 Å². The van der Waals surface area contributed by atoms with Crippen LogP contribution < -0.4 is 9.96 Å². The Bertz CT molecular complexity index is 869. The molecule has 0 spiro atoms. The third-order valence-corrected chi connectivity index (χ3v) is 4.58. The zero-order valence-electron chi connectivity index (χ0n) is 13.2. The van der Waals surface area contributed by atoms with E-state index in [-0.39, 0.29) is 6.17 Å². The van der Waals surface area contributed by atoms with Crippen LogP contribution in [0.15, 0.2) is 89.4 Å². The molecule has 0 N–H and O–H groups in total. The Balaban J connectivity index is 1.82. The fourth-order valence-corrected chi connectivity index (χ4v) is 3.17. The van der Waals surface area contributed by atoms with E-state index < -0.39 is 6.09 Å². The van der Waals surface area contributed by atoms with Crippen molar-refractivity contribution in [3.05, 3.63) is 95.0 Å². The molecule has 4 nitrogen and oxygen atoms in total. The lowest BCUT2D eigenvalue weighted by Crippen LogP contribution is -2.31. The van der Waals surface area contributed by atoms with Crippen molar-refractivity contribution in [3.63, 3.8) is 0 Å². The highest BCUT2D eigenvalue weighted by Crippen LogP contribution is 2.39. The van der Waals surface area contributed by atoms with Gasteiger partial charge in [-0.15, -0.1) is 0 Å². The summed E-state index contributed by atoms with van der Waals surface area (Å²) in [5, 5.41) is 1.65. The van der Waals surface area contributed by atoms with Gasteiger partial charge in [0.15, 0.2) is 6.17 Å². The molecule has 1 heterocycles. The van der Waals surface area contributed by atoms with Gasteiger partial charge < -0.3 is 4.84 Å². The van der Waals surface area contributed by atoms with Gasteiger partial charge in [0.1, 0.15) is 0 Å². The molecule has 0 saturated carbocycles. The maximum Gasteiger partial charge on any atom is 0.440 e. The Morgan fingerprint density at radius 2 is 1.36 bits per heavy atom. The largest absolute Gasteiger partial charge is 0.440 e. The Labute approximate surface area is 154 Å². The fraction of sp³-hybridized carbons (Fsp3) is 0.0500. The van der Waals surface area contributed by atoms with Crippen molar-refractivity contribution in [3.8, 4) is 0 Å². The summed E-state index contributed by atoms with van der Waals surface area (Å²) in [4.78, 5) is 20.0. The molecule has 124 valence electrons. The number of hydrogen-bond acceptors (Lipinski definition) is 3. The predicted octanol–water partition coefficient (Wildman–Crippen LogP) is 5.53. The standard InChI is InChI=1S/C20H15BrN2O2/c21-16-11-13-17(14-12-16)22-19(15-7-3-1-4-8-15)23(25-20(22)24)18-9-5-2-6-10-18/h1-14,19H. The number of rotatable bonds is 3. The Kier molecular flexibility index (Phi) is 4.15. The number of hydrogen-bond donors (Lipinski definition) is 0. The molecule has 1 atom stereocenters. The molecule has 0 radical (unpaired) electrons. The van der Waals surface area contributed by atoms with Gasteiger partial charge in [-0.25, -0.2) is 9.69 Å². The van der Waals surface area contributed by atoms with E-state index in [4.69, 9.17) is 4.84 Å². The highest BCUT2D eigenvalue weighted by molar-refractivity contribution is 9.10. The minimum atomic E-state index is -0.403. The minimum Gasteiger partial charge on any atom is -0.319 e. The van der Waals surface area contributed by atoms with Crippen molar-refractivity contribution in [1.82, 2.24) is 0 Å². The minimum absolute atomic E-state index is 0.378. The molecule has 1 unspecified atom stereocenters. The average molecular weight is 395 g/mol. The monoisotopic (exact) mass is 394 g/mol. The van der Waals surface area contributed by atoms with Gasteiger partial charge in [0, 0.05) is 10.2 Å². The van der Waals surface area contributed by atoms with E-state index in [1.54, 1.807) is 9.96 Å². The number of anilines is 2. The zero-order chi connectivity index (χ0) is 17.2. The van der Waals surface area contributed by atoms with Gasteiger partial charge in [-0.05, 0) is 42.0 Å². The predicted molar refractivity (Wildman–Crippen MR) is 101 cm³/mol. The molecular formula is C20H15BrN2O2. The topological polar surface area (TPSA) is 32.8 Å². The van der Waals surface area contributed by atoms with Crippen molar-refractivity contribution < 1.29 is 9.63 Å². The zero-order valence-corrected chi connectivity index (χ0v) is 14.8. The lowest BCUT2D eigenvalue weighted by Gasteiger charge is -2.27. The second-order valence-corrected chi connectivity index (χ2v) is 6.56. The lowest BCUT2D eigenvalue weighted by molar-refractivity contribution is 0.164. The molecule has 0 aliphatic carbocycles. The Morgan fingerprint density at radius 1 is 0.760 bits per heavy atom. The van der Waals surface area contributed by atoms with Gasteiger partial charge >= 0.3 is 6.09 Å². The molecule has 0 aromatic heterocycles. The number of halogens is 1. The molecule has 3 aromatic carbocycles. The summed E-state index contributed by atoms with van der Waals surface area (Å²) in [6.45, 7) is 0. The Hall–Kier alpha value is -2.79. The summed E-state index contributed by atoms with van der Waals surface area (Å²) in [6, 6.07) is 27.1. The van der Waals surface area contributed by atoms with Gasteiger partial charge in [-0.1, -0.05) is 64.5 Å². The van der Waals surface area contributed by atoms with Crippen LogP contribution in [0, 0.1) is 0 Å². The number of carbonyl (C=O) groups is 1. The molecule has 4 rings (SSSR count). The molecule has 1 saturated heterocycles. The maximum absolute atomic E-state index is 12.7. The molecule has 25 heavy (non-hydrogen) atoms. The van der Waals surface area contributed by atoms with E-state index in [1.165, 1.54) is 0 Å². The van der Waals surface area contributed by atoms with Gasteiger partial charge in [0.2, 0.25) is 0 Å². The van der Waals surface area contributed by atoms with Crippen molar-refractivity contribution in [2.24, 2.45) is 0 Å². The van der Waals surface area contributed by atoms with Crippen LogP contribution in [0.1, 0.15) is 11.7 Å². The molecule has 1 fully saturated rings. The number of amides is 1. The van der Waals surface area contributed by atoms with Crippen LogP contribution in [0.2, 0.25) is 0 Å². The van der Waals surface area contributed by atoms with Crippen molar-refractivity contribution in [2.45, 2.75) is 6.17 Å². The van der Waals surface area contributed by atoms with Crippen molar-refractivity contribution >= 4 is 33.4 Å². The average Bonchev–Trinajstić information content (AvgIpc) is 3.01. The Morgan fingerprint density at radius 3 is 2.00 bits per heavy atom. The first-order valence-electron chi connectivity index (χ1n) is 7.90. The summed E-state index contributed by atoms with van der Waals surface area (Å²) in [5.41, 5.74) is 2.57. The van der Waals surface area contributed by atoms with Gasteiger partial charge in [0.05, 0.1) is 5.69 Å². The first-order chi connectivity index (χ1) is 12.2. The van der Waals surface area contributed by atoms with Crippen LogP contribution in [0.5, 0.6) is 0 Å². The number of hydroxylamine groups is 1. The smallest absolute Gasteiger partial charge is 0.319 e. The summed E-state index contributed by atoms with van der Waals surface area (Å²) in [5.74, 6) is 0. The molecule has 0 bridgehead atoms. The van der Waals surface area contributed by atoms with E-state index in [0.717, 1.165) is 21.4 Å². The summed E-state index contributed by atoms with van der Waals surface area (Å²) < 4.78 is 0.958. The highest BCUT2D eigenvalue weighted by atomic mass is 79.9. The quantitative estimate of drug-likeness (QED) is 0.585. The van der Waals surface area contributed by atoms with E-state index in [9.17, 15) is 4.79 Å². The number of carbonyl (C=O) groups excluding carboxylic acids is 1. The lowest BCUT2D eigenvalue weighted by atomic mass is 10.1. The highest BCUT2D eigenvalue weighted by Gasteiger charge is 2.42. The summed E-state index contributed by atoms with van der Waals surface area (Å²) in [6.07, 6.45) is -0.780. The SMILES string of the molecule is O=C1ON(c2ccccc2)C(c2ccccc2)N1c1ccc(Br)cc1. The normalized spacial score (nSPS) is 16.8. The van der Waals surface area contributed by atoms with E-state index >= 15 is 0 Å². The summed E-state index contributed by atoms with van der Waals surface area (Å²) in [7, 11) is 0. The molecule has 1 aliphatic rings. The number of nitrogens with zero attached hydrogens (tertiary/aromatic N) is 2. The van der Waals surface area contributed by atoms with Gasteiger partial charge in [0.25, 0.3) is 0 Å². The first kappa shape index (κ1) is 15.7. The van der Waals surface area contributed by atoms with E-state index in [0.29, 0.717) is 0 Å². The van der Waals surface area contributed by atoms with Gasteiger partial charge in [-0.3, -0.25) is 0 Å². The molecular weight excluding hydrogens is 380 g/mol. The second kappa shape index (κ2) is 6.61. The van der Waals surface area contributed by atoms with Crippen LogP contribution in [0.3, 0.4) is 0 Å². The molecule has 1 aliphatic heterocycles. The fourth-order valence-electron chi connectivity index (χ4n) is 2.91. The van der Waals surface area contributed by atoms with Gasteiger partial charge in [-0.2, -0.15) is 5.06 Å². The van der Waals surface area contributed by atoms with Crippen LogP contribution in [0.4, 0.5) is 16.2 Å². The van der Waals surface area contributed by atoms with E-state index in [2.05, 4.69) is 15.9 Å². The molecule has 5 heteroatoms.